The zero-order valence-corrected chi connectivity index (χ0v) is 15.6. The Balaban J connectivity index is 1.62. The van der Waals surface area contributed by atoms with Gasteiger partial charge in [0.1, 0.15) is 0 Å². The second-order valence-electron chi connectivity index (χ2n) is 5.56. The number of aromatic amines is 1. The minimum Gasteiger partial charge on any atom is -0.326 e. The maximum Gasteiger partial charge on any atom is 0.442 e. The van der Waals surface area contributed by atoms with Crippen molar-refractivity contribution in [3.8, 4) is 5.69 Å². The summed E-state index contributed by atoms with van der Waals surface area (Å²) in [5.41, 5.74) is 1.93. The Morgan fingerprint density at radius 2 is 2.04 bits per heavy atom. The molecule has 3 rings (SSSR count). The summed E-state index contributed by atoms with van der Waals surface area (Å²) >= 11 is 7.22. The van der Waals surface area contributed by atoms with Crippen molar-refractivity contribution in [2.75, 3.05) is 11.1 Å². The molecule has 0 bridgehead atoms. The standard InChI is InChI=1S/C18H16ClN3O3S/c1-12-7-8-13(19)11-15(12)20-16(23)9-10-26-17-18(24)25-21-22(17)14-5-3-2-4-6-14/h2-8,11H,9-10H2,1H3,(H-,20,21,23,24)/p+1. The number of halogens is 1. The van der Waals surface area contributed by atoms with Crippen LogP contribution in [0.3, 0.4) is 0 Å². The minimum absolute atomic E-state index is 0.144. The Morgan fingerprint density at radius 3 is 2.81 bits per heavy atom. The van der Waals surface area contributed by atoms with Crippen molar-refractivity contribution in [2.24, 2.45) is 0 Å². The molecule has 0 atom stereocenters. The van der Waals surface area contributed by atoms with Crippen LogP contribution in [-0.4, -0.2) is 16.9 Å². The maximum atomic E-state index is 12.2. The summed E-state index contributed by atoms with van der Waals surface area (Å²) in [7, 11) is 0. The van der Waals surface area contributed by atoms with Gasteiger partial charge in [-0.3, -0.25) is 9.32 Å². The number of carbonyl (C=O) groups excluding carboxylic acids is 1. The van der Waals surface area contributed by atoms with E-state index < -0.39 is 5.63 Å². The molecule has 0 aliphatic carbocycles. The molecule has 1 aromatic heterocycles. The fraction of sp³-hybridized carbons (Fsp3) is 0.167. The molecule has 2 N–H and O–H groups in total. The van der Waals surface area contributed by atoms with Gasteiger partial charge in [-0.1, -0.05) is 35.9 Å². The largest absolute Gasteiger partial charge is 0.442 e. The van der Waals surface area contributed by atoms with Gasteiger partial charge in [-0.2, -0.15) is 0 Å². The monoisotopic (exact) mass is 390 g/mol. The molecule has 0 saturated heterocycles. The van der Waals surface area contributed by atoms with E-state index in [0.717, 1.165) is 11.3 Å². The zero-order valence-electron chi connectivity index (χ0n) is 14.0. The van der Waals surface area contributed by atoms with Gasteiger partial charge in [-0.15, -0.1) is 0 Å². The van der Waals surface area contributed by atoms with Crippen LogP contribution in [0.1, 0.15) is 12.0 Å². The van der Waals surface area contributed by atoms with Crippen LogP contribution in [-0.2, 0) is 4.79 Å². The minimum atomic E-state index is -0.468. The number of hydrogen-bond acceptors (Lipinski definition) is 4. The van der Waals surface area contributed by atoms with E-state index in [2.05, 4.69) is 10.6 Å². The number of H-pyrrole nitrogens is 1. The highest BCUT2D eigenvalue weighted by molar-refractivity contribution is 7.99. The molecule has 26 heavy (non-hydrogen) atoms. The van der Waals surface area contributed by atoms with E-state index in [1.165, 1.54) is 11.8 Å². The molecule has 3 aromatic rings. The molecular weight excluding hydrogens is 374 g/mol. The fourth-order valence-electron chi connectivity index (χ4n) is 2.32. The van der Waals surface area contributed by atoms with Crippen LogP contribution in [0.2, 0.25) is 5.02 Å². The van der Waals surface area contributed by atoms with E-state index in [1.54, 1.807) is 16.8 Å². The smallest absolute Gasteiger partial charge is 0.326 e. The van der Waals surface area contributed by atoms with Crippen LogP contribution in [0.4, 0.5) is 5.69 Å². The lowest BCUT2D eigenvalue weighted by molar-refractivity contribution is -0.704. The van der Waals surface area contributed by atoms with Gasteiger partial charge >= 0.3 is 10.7 Å². The molecule has 0 unspecified atom stereocenters. The molecule has 0 spiro atoms. The molecule has 2 aromatic carbocycles. The molecule has 0 saturated carbocycles. The number of benzene rings is 2. The van der Waals surface area contributed by atoms with Crippen LogP contribution in [0.15, 0.2) is 62.9 Å². The normalized spacial score (nSPS) is 10.7. The average Bonchev–Trinajstić information content (AvgIpc) is 3.00. The number of para-hydroxylation sites is 1. The first kappa shape index (κ1) is 18.3. The third-order valence-electron chi connectivity index (χ3n) is 3.66. The molecule has 134 valence electrons. The first-order chi connectivity index (χ1) is 12.5. The van der Waals surface area contributed by atoms with Crippen LogP contribution < -0.4 is 15.6 Å². The topological polar surface area (TPSA) is 79.0 Å². The first-order valence-corrected chi connectivity index (χ1v) is 9.28. The van der Waals surface area contributed by atoms with Gasteiger partial charge in [0.05, 0.1) is 0 Å². The highest BCUT2D eigenvalue weighted by Gasteiger charge is 2.23. The number of anilines is 1. The Morgan fingerprint density at radius 1 is 1.27 bits per heavy atom. The molecular formula is C18H17ClN3O3S+. The van der Waals surface area contributed by atoms with Crippen LogP contribution in [0.5, 0.6) is 0 Å². The van der Waals surface area contributed by atoms with Crippen molar-refractivity contribution in [1.82, 2.24) is 5.27 Å². The summed E-state index contributed by atoms with van der Waals surface area (Å²) in [4.78, 5) is 24.1. The number of carbonyl (C=O) groups is 1. The van der Waals surface area contributed by atoms with Crippen molar-refractivity contribution in [3.05, 3.63) is 69.5 Å². The van der Waals surface area contributed by atoms with Crippen LogP contribution in [0.25, 0.3) is 5.69 Å². The molecule has 0 aliphatic rings. The van der Waals surface area contributed by atoms with Crippen molar-refractivity contribution < 1.29 is 14.0 Å². The van der Waals surface area contributed by atoms with E-state index in [0.29, 0.717) is 21.5 Å². The summed E-state index contributed by atoms with van der Waals surface area (Å²) < 4.78 is 6.44. The van der Waals surface area contributed by atoms with Gasteiger partial charge in [0, 0.05) is 35.0 Å². The van der Waals surface area contributed by atoms with E-state index in [4.69, 9.17) is 16.1 Å². The third kappa shape index (κ3) is 4.36. The number of amides is 1. The molecule has 6 nitrogen and oxygen atoms in total. The number of aryl methyl sites for hydroxylation is 1. The fourth-order valence-corrected chi connectivity index (χ4v) is 3.40. The lowest BCUT2D eigenvalue weighted by Crippen LogP contribution is -2.36. The Labute approximate surface area is 159 Å². The van der Waals surface area contributed by atoms with Crippen molar-refractivity contribution >= 4 is 35.0 Å². The summed E-state index contributed by atoms with van der Waals surface area (Å²) in [5.74, 6) is 0.287. The van der Waals surface area contributed by atoms with Crippen LogP contribution >= 0.6 is 23.4 Å². The lowest BCUT2D eigenvalue weighted by atomic mass is 10.2. The number of thioether (sulfide) groups is 1. The van der Waals surface area contributed by atoms with Crippen molar-refractivity contribution in [1.29, 1.82) is 0 Å². The van der Waals surface area contributed by atoms with E-state index >= 15 is 0 Å². The van der Waals surface area contributed by atoms with Gasteiger partial charge in [-0.05, 0) is 46.3 Å². The Hall–Kier alpha value is -2.51. The summed E-state index contributed by atoms with van der Waals surface area (Å²) in [5, 5.41) is 6.37. The van der Waals surface area contributed by atoms with Gasteiger partial charge in [0.2, 0.25) is 11.6 Å². The van der Waals surface area contributed by atoms with Gasteiger partial charge < -0.3 is 5.32 Å². The quantitative estimate of drug-likeness (QED) is 0.500. The second-order valence-corrected chi connectivity index (χ2v) is 7.08. The zero-order chi connectivity index (χ0) is 18.5. The Kier molecular flexibility index (Phi) is 5.80. The number of rotatable bonds is 6. The average molecular weight is 391 g/mol. The van der Waals surface area contributed by atoms with Crippen molar-refractivity contribution in [3.63, 3.8) is 0 Å². The molecule has 0 radical (unpaired) electrons. The van der Waals surface area contributed by atoms with Gasteiger partial charge in [-0.25, -0.2) is 4.79 Å². The SMILES string of the molecule is Cc1ccc(Cl)cc1NC(=O)CCSc1c(=O)o[nH][n+]1-c1ccccc1. The van der Waals surface area contributed by atoms with Gasteiger partial charge in [0.15, 0.2) is 0 Å². The predicted octanol–water partition coefficient (Wildman–Crippen LogP) is 3.33. The number of nitrogens with zero attached hydrogens (tertiary/aromatic N) is 1. The Bertz CT molecular complexity index is 969. The summed E-state index contributed by atoms with van der Waals surface area (Å²) in [6.45, 7) is 1.90. The molecule has 0 fully saturated rings. The van der Waals surface area contributed by atoms with Crippen LogP contribution in [0, 0.1) is 6.92 Å². The predicted molar refractivity (Wildman–Crippen MR) is 101 cm³/mol. The summed E-state index contributed by atoms with van der Waals surface area (Å²) in [6.07, 6.45) is 0.246. The third-order valence-corrected chi connectivity index (χ3v) is 4.93. The summed E-state index contributed by atoms with van der Waals surface area (Å²) in [6, 6.07) is 14.7. The van der Waals surface area contributed by atoms with Gasteiger partial charge in [0.25, 0.3) is 0 Å². The van der Waals surface area contributed by atoms with E-state index in [9.17, 15) is 9.59 Å². The molecule has 0 aliphatic heterocycles. The number of aromatic nitrogens is 2. The van der Waals surface area contributed by atoms with E-state index in [1.807, 2.05) is 43.3 Å². The number of nitrogens with one attached hydrogen (secondary N) is 2. The lowest BCUT2D eigenvalue weighted by Gasteiger charge is -2.08. The maximum absolute atomic E-state index is 12.2. The molecule has 8 heteroatoms. The number of hydrogen-bond donors (Lipinski definition) is 2. The highest BCUT2D eigenvalue weighted by Crippen LogP contribution is 2.20. The second kappa shape index (κ2) is 8.25. The first-order valence-electron chi connectivity index (χ1n) is 7.92. The van der Waals surface area contributed by atoms with Crippen molar-refractivity contribution in [2.45, 2.75) is 18.4 Å². The molecule has 1 amide bonds. The highest BCUT2D eigenvalue weighted by atomic mass is 35.5. The molecule has 1 heterocycles. The van der Waals surface area contributed by atoms with E-state index in [-0.39, 0.29) is 12.3 Å².